The molecule has 0 unspecified atom stereocenters. The van der Waals surface area contributed by atoms with E-state index in [0.717, 1.165) is 11.3 Å². The first-order valence-corrected chi connectivity index (χ1v) is 13.0. The molecule has 3 aromatic rings. The number of piperidine rings is 1. The molecule has 1 saturated heterocycles. The van der Waals surface area contributed by atoms with Gasteiger partial charge in [-0.05, 0) is 42.7 Å². The van der Waals surface area contributed by atoms with Crippen LogP contribution in [0.5, 0.6) is 0 Å². The molecule has 1 aliphatic heterocycles. The number of carbonyl (C=O) groups excluding carboxylic acids is 1. The summed E-state index contributed by atoms with van der Waals surface area (Å²) < 4.78 is 29.3. The van der Waals surface area contributed by atoms with E-state index in [1.165, 1.54) is 4.31 Å². The van der Waals surface area contributed by atoms with Crippen molar-refractivity contribution in [3.05, 3.63) is 82.4 Å². The van der Waals surface area contributed by atoms with Crippen LogP contribution in [-0.4, -0.2) is 41.3 Å². The fourth-order valence-corrected chi connectivity index (χ4v) is 6.25. The Morgan fingerprint density at radius 1 is 1.12 bits per heavy atom. The second-order valence-corrected chi connectivity index (χ2v) is 10.8. The summed E-state index contributed by atoms with van der Waals surface area (Å²) in [5, 5.41) is 3.57. The molecule has 0 aliphatic carbocycles. The highest BCUT2D eigenvalue weighted by Gasteiger charge is 2.33. The molecule has 1 atom stereocenters. The summed E-state index contributed by atoms with van der Waals surface area (Å²) in [6.07, 6.45) is 6.56. The Labute approximate surface area is 203 Å². The van der Waals surface area contributed by atoms with Crippen molar-refractivity contribution in [2.75, 3.05) is 13.1 Å². The van der Waals surface area contributed by atoms with Gasteiger partial charge in [0.25, 0.3) is 0 Å². The molecule has 2 aromatic carbocycles. The lowest BCUT2D eigenvalue weighted by Crippen LogP contribution is -2.45. The molecule has 33 heavy (non-hydrogen) atoms. The molecule has 1 amide bonds. The number of nitrogens with zero attached hydrogens (tertiary/aromatic N) is 3. The maximum absolute atomic E-state index is 13.0. The van der Waals surface area contributed by atoms with E-state index in [0.29, 0.717) is 41.5 Å². The lowest BCUT2D eigenvalue weighted by Gasteiger charge is -2.31. The van der Waals surface area contributed by atoms with Gasteiger partial charge in [0, 0.05) is 53.3 Å². The zero-order chi connectivity index (χ0) is 23.4. The molecule has 7 nitrogen and oxygen atoms in total. The van der Waals surface area contributed by atoms with Gasteiger partial charge in [-0.25, -0.2) is 17.7 Å². The summed E-state index contributed by atoms with van der Waals surface area (Å²) in [6, 6.07) is 12.7. The van der Waals surface area contributed by atoms with Crippen molar-refractivity contribution in [2.24, 2.45) is 5.92 Å². The first-order chi connectivity index (χ1) is 15.8. The number of rotatable bonds is 7. The average Bonchev–Trinajstić information content (AvgIpc) is 3.35. The Hall–Kier alpha value is -2.39. The van der Waals surface area contributed by atoms with E-state index in [2.05, 4.69) is 10.3 Å². The first kappa shape index (κ1) is 23.8. The Kier molecular flexibility index (Phi) is 7.38. The highest BCUT2D eigenvalue weighted by Crippen LogP contribution is 2.29. The van der Waals surface area contributed by atoms with Gasteiger partial charge in [0.05, 0.1) is 18.0 Å². The number of hydrogen-bond acceptors (Lipinski definition) is 4. The number of benzene rings is 2. The predicted octanol–water partition coefficient (Wildman–Crippen LogP) is 4.04. The van der Waals surface area contributed by atoms with E-state index in [-0.39, 0.29) is 18.2 Å². The number of hydrogen-bond donors (Lipinski definition) is 1. The van der Waals surface area contributed by atoms with Crippen LogP contribution in [0.25, 0.3) is 5.69 Å². The smallest absolute Gasteiger partial charge is 0.224 e. The van der Waals surface area contributed by atoms with Gasteiger partial charge in [0.1, 0.15) is 0 Å². The highest BCUT2D eigenvalue weighted by molar-refractivity contribution is 7.88. The second kappa shape index (κ2) is 10.3. The quantitative estimate of drug-likeness (QED) is 0.523. The van der Waals surface area contributed by atoms with E-state index in [9.17, 15) is 13.2 Å². The maximum Gasteiger partial charge on any atom is 0.224 e. The summed E-state index contributed by atoms with van der Waals surface area (Å²) in [5.74, 6) is -0.840. The molecule has 4 rings (SSSR count). The molecular weight excluding hydrogens is 483 g/mol. The third-order valence-corrected chi connectivity index (χ3v) is 8.22. The molecule has 2 heterocycles. The lowest BCUT2D eigenvalue weighted by atomic mass is 9.99. The molecule has 174 valence electrons. The molecule has 10 heteroatoms. The molecule has 0 spiro atoms. The fraction of sp³-hybridized carbons (Fsp3) is 0.304. The number of aromatic nitrogens is 2. The topological polar surface area (TPSA) is 84.3 Å². The molecule has 1 fully saturated rings. The zero-order valence-corrected chi connectivity index (χ0v) is 20.2. The minimum absolute atomic E-state index is 0.149. The van der Waals surface area contributed by atoms with Crippen molar-refractivity contribution in [1.82, 2.24) is 19.2 Å². The molecule has 1 aliphatic rings. The van der Waals surface area contributed by atoms with Gasteiger partial charge in [-0.2, -0.15) is 0 Å². The van der Waals surface area contributed by atoms with Crippen LogP contribution in [0.15, 0.2) is 61.2 Å². The monoisotopic (exact) mass is 506 g/mol. The Bertz CT molecular complexity index is 1190. The summed E-state index contributed by atoms with van der Waals surface area (Å²) in [7, 11) is -3.66. The van der Waals surface area contributed by atoms with Crippen LogP contribution in [0.4, 0.5) is 0 Å². The van der Waals surface area contributed by atoms with Crippen molar-refractivity contribution in [1.29, 1.82) is 0 Å². The van der Waals surface area contributed by atoms with Gasteiger partial charge in [0.15, 0.2) is 0 Å². The minimum atomic E-state index is -3.66. The third-order valence-electron chi connectivity index (χ3n) is 5.74. The number of nitrogens with one attached hydrogen (secondary N) is 1. The predicted molar refractivity (Wildman–Crippen MR) is 129 cm³/mol. The van der Waals surface area contributed by atoms with Crippen molar-refractivity contribution in [2.45, 2.75) is 25.1 Å². The standard InChI is InChI=1S/C23H24Cl2N4O3S/c24-21-4-1-5-22(25)20(21)15-33(31,32)29-11-2-3-18(14-29)23(30)27-13-17-6-8-19(9-7-17)28-12-10-26-16-28/h1,4-10,12,16,18H,2-3,11,13-15H2,(H,27,30)/t18-/m0/s1. The summed E-state index contributed by atoms with van der Waals surface area (Å²) in [4.78, 5) is 16.8. The second-order valence-electron chi connectivity index (χ2n) is 8.01. The van der Waals surface area contributed by atoms with E-state index in [1.807, 2.05) is 35.0 Å². The van der Waals surface area contributed by atoms with Crippen LogP contribution in [0.1, 0.15) is 24.0 Å². The van der Waals surface area contributed by atoms with Crippen molar-refractivity contribution < 1.29 is 13.2 Å². The van der Waals surface area contributed by atoms with Crippen LogP contribution in [-0.2, 0) is 27.1 Å². The van der Waals surface area contributed by atoms with Gasteiger partial charge in [-0.3, -0.25) is 4.79 Å². The Morgan fingerprint density at radius 3 is 2.52 bits per heavy atom. The van der Waals surface area contributed by atoms with Crippen LogP contribution in [0.2, 0.25) is 10.0 Å². The van der Waals surface area contributed by atoms with Gasteiger partial charge in [-0.1, -0.05) is 41.4 Å². The maximum atomic E-state index is 13.0. The van der Waals surface area contributed by atoms with E-state index < -0.39 is 15.9 Å². The minimum Gasteiger partial charge on any atom is -0.352 e. The van der Waals surface area contributed by atoms with Crippen molar-refractivity contribution in [3.8, 4) is 5.69 Å². The Balaban J connectivity index is 1.35. The first-order valence-electron chi connectivity index (χ1n) is 10.6. The molecule has 1 N–H and O–H groups in total. The molecule has 1 aromatic heterocycles. The number of amides is 1. The Morgan fingerprint density at radius 2 is 1.85 bits per heavy atom. The largest absolute Gasteiger partial charge is 0.352 e. The summed E-state index contributed by atoms with van der Waals surface area (Å²) in [5.41, 5.74) is 2.32. The van der Waals surface area contributed by atoms with Gasteiger partial charge in [0.2, 0.25) is 15.9 Å². The SMILES string of the molecule is O=C(NCc1ccc(-n2ccnc2)cc1)[C@H]1CCCN(S(=O)(=O)Cc2c(Cl)cccc2Cl)C1. The summed E-state index contributed by atoms with van der Waals surface area (Å²) in [6.45, 7) is 0.904. The average molecular weight is 507 g/mol. The van der Waals surface area contributed by atoms with E-state index in [1.54, 1.807) is 30.7 Å². The normalized spacial score (nSPS) is 17.1. The van der Waals surface area contributed by atoms with Gasteiger partial charge in [-0.15, -0.1) is 0 Å². The third kappa shape index (κ3) is 5.76. The van der Waals surface area contributed by atoms with Crippen LogP contribution < -0.4 is 5.32 Å². The molecule has 0 saturated carbocycles. The molecule has 0 radical (unpaired) electrons. The number of halogens is 2. The van der Waals surface area contributed by atoms with E-state index >= 15 is 0 Å². The van der Waals surface area contributed by atoms with Gasteiger partial charge < -0.3 is 9.88 Å². The number of sulfonamides is 1. The van der Waals surface area contributed by atoms with Crippen molar-refractivity contribution in [3.63, 3.8) is 0 Å². The zero-order valence-electron chi connectivity index (χ0n) is 17.8. The van der Waals surface area contributed by atoms with Crippen LogP contribution >= 0.6 is 23.2 Å². The number of imidazole rings is 1. The van der Waals surface area contributed by atoms with Crippen molar-refractivity contribution >= 4 is 39.1 Å². The molecular formula is C23H24Cl2N4O3S. The van der Waals surface area contributed by atoms with Gasteiger partial charge >= 0.3 is 0 Å². The van der Waals surface area contributed by atoms with Crippen LogP contribution in [0, 0.1) is 5.92 Å². The molecule has 0 bridgehead atoms. The highest BCUT2D eigenvalue weighted by atomic mass is 35.5. The van der Waals surface area contributed by atoms with E-state index in [4.69, 9.17) is 23.2 Å². The lowest BCUT2D eigenvalue weighted by molar-refractivity contribution is -0.126. The van der Waals surface area contributed by atoms with Crippen LogP contribution in [0.3, 0.4) is 0 Å². The number of carbonyl (C=O) groups is 1. The fourth-order valence-electron chi connectivity index (χ4n) is 3.88. The summed E-state index contributed by atoms with van der Waals surface area (Å²) >= 11 is 12.3.